The minimum Gasteiger partial charge on any atom is -0.494 e. The molecule has 3 aromatic rings. The van der Waals surface area contributed by atoms with Gasteiger partial charge in [-0.1, -0.05) is 70.2 Å². The fourth-order valence-electron chi connectivity index (χ4n) is 4.84. The quantitative estimate of drug-likeness (QED) is 0.314. The topological polar surface area (TPSA) is 22.1 Å². The zero-order valence-corrected chi connectivity index (χ0v) is 19.8. The average molecular weight is 417 g/mol. The molecule has 0 fully saturated rings. The highest BCUT2D eigenvalue weighted by molar-refractivity contribution is 7.03. The number of pyridine rings is 1. The largest absolute Gasteiger partial charge is 0.494 e. The molecule has 0 unspecified atom stereocenters. The number of nitrogens with zero attached hydrogens (tertiary/aromatic N) is 1. The maximum atomic E-state index is 5.87. The highest BCUT2D eigenvalue weighted by Gasteiger charge is 2.45. The van der Waals surface area contributed by atoms with E-state index in [0.717, 1.165) is 31.6 Å². The van der Waals surface area contributed by atoms with Gasteiger partial charge in [0.15, 0.2) is 0 Å². The van der Waals surface area contributed by atoms with Gasteiger partial charge in [0, 0.05) is 11.5 Å². The molecule has 0 aliphatic carbocycles. The molecule has 0 amide bonds. The van der Waals surface area contributed by atoms with Crippen molar-refractivity contribution in [2.75, 3.05) is 6.61 Å². The van der Waals surface area contributed by atoms with E-state index in [2.05, 4.69) is 70.2 Å². The van der Waals surface area contributed by atoms with Gasteiger partial charge in [0.1, 0.15) is 13.8 Å². The summed E-state index contributed by atoms with van der Waals surface area (Å²) in [6.07, 6.45) is 5.22. The average Bonchev–Trinajstić information content (AvgIpc) is 2.76. The minimum atomic E-state index is -2.01. The van der Waals surface area contributed by atoms with Crippen LogP contribution in [0.2, 0.25) is 11.1 Å². The summed E-state index contributed by atoms with van der Waals surface area (Å²) >= 11 is 0. The van der Waals surface area contributed by atoms with E-state index in [1.165, 1.54) is 10.9 Å². The number of hydrogen-bond donors (Lipinski definition) is 0. The Balaban J connectivity index is 1.79. The van der Waals surface area contributed by atoms with Gasteiger partial charge in [0.05, 0.1) is 6.61 Å². The first-order chi connectivity index (χ1) is 14.6. The fourth-order valence-corrected chi connectivity index (χ4v) is 10.7. The number of rotatable bonds is 10. The van der Waals surface area contributed by atoms with Crippen molar-refractivity contribution in [3.63, 3.8) is 0 Å². The molecular weight excluding hydrogens is 382 g/mol. The number of hydrogen-bond acceptors (Lipinski definition) is 2. The predicted molar refractivity (Wildman–Crippen MR) is 130 cm³/mol. The summed E-state index contributed by atoms with van der Waals surface area (Å²) in [6.45, 7) is 10.3. The van der Waals surface area contributed by atoms with Crippen molar-refractivity contribution in [3.05, 3.63) is 84.6 Å². The second-order valence-electron chi connectivity index (χ2n) is 8.59. The first-order valence-electron chi connectivity index (χ1n) is 11.2. The summed E-state index contributed by atoms with van der Waals surface area (Å²) < 4.78 is 5.87. The number of aryl methyl sites for hydroxylation is 1. The van der Waals surface area contributed by atoms with Gasteiger partial charge in [-0.05, 0) is 71.4 Å². The van der Waals surface area contributed by atoms with Crippen LogP contribution in [0.5, 0.6) is 5.75 Å². The Hall–Kier alpha value is -2.39. The maximum Gasteiger partial charge on any atom is 0.146 e. The van der Waals surface area contributed by atoms with E-state index < -0.39 is 8.07 Å². The van der Waals surface area contributed by atoms with Crippen LogP contribution in [0, 0.1) is 6.07 Å². The SMILES string of the molecule is CC(C)[Si](c1ccccn1)(c1ccccc1CCCCOc1cc[c]cc1)C(C)C. The molecule has 3 rings (SSSR count). The van der Waals surface area contributed by atoms with Gasteiger partial charge >= 0.3 is 0 Å². The smallest absolute Gasteiger partial charge is 0.146 e. The van der Waals surface area contributed by atoms with Crippen LogP contribution in [0.25, 0.3) is 0 Å². The lowest BCUT2D eigenvalue weighted by molar-refractivity contribution is 0.307. The van der Waals surface area contributed by atoms with Gasteiger partial charge in [-0.15, -0.1) is 0 Å². The highest BCUT2D eigenvalue weighted by atomic mass is 28.3. The molecule has 0 atom stereocenters. The molecule has 157 valence electrons. The number of benzene rings is 2. The molecule has 30 heavy (non-hydrogen) atoms. The maximum absolute atomic E-state index is 5.87. The summed E-state index contributed by atoms with van der Waals surface area (Å²) in [5.74, 6) is 0.926. The number of aromatic nitrogens is 1. The summed E-state index contributed by atoms with van der Waals surface area (Å²) in [6, 6.07) is 26.3. The van der Waals surface area contributed by atoms with Crippen LogP contribution in [0.3, 0.4) is 0 Å². The van der Waals surface area contributed by atoms with E-state index in [9.17, 15) is 0 Å². The van der Waals surface area contributed by atoms with Crippen LogP contribution in [0.15, 0.2) is 72.9 Å². The summed E-state index contributed by atoms with van der Waals surface area (Å²) in [5.41, 5.74) is 2.64. The van der Waals surface area contributed by atoms with Crippen LogP contribution >= 0.6 is 0 Å². The number of ether oxygens (including phenoxy) is 1. The summed E-state index contributed by atoms with van der Waals surface area (Å²) in [5, 5.41) is 2.87. The second-order valence-corrected chi connectivity index (χ2v) is 13.7. The van der Waals surface area contributed by atoms with Crippen LogP contribution in [0.4, 0.5) is 0 Å². The molecule has 2 aromatic carbocycles. The van der Waals surface area contributed by atoms with E-state index in [1.54, 1.807) is 5.19 Å². The normalized spacial score (nSPS) is 11.8. The summed E-state index contributed by atoms with van der Waals surface area (Å²) in [4.78, 5) is 4.89. The van der Waals surface area contributed by atoms with Crippen molar-refractivity contribution in [3.8, 4) is 5.75 Å². The fraction of sp³-hybridized carbons (Fsp3) is 0.370. The van der Waals surface area contributed by atoms with E-state index in [0.29, 0.717) is 11.1 Å². The molecule has 1 heterocycles. The molecule has 0 aliphatic rings. The lowest BCUT2D eigenvalue weighted by Gasteiger charge is -2.40. The van der Waals surface area contributed by atoms with Gasteiger partial charge in [0.2, 0.25) is 0 Å². The molecule has 2 nitrogen and oxygen atoms in total. The Morgan fingerprint density at radius 2 is 1.57 bits per heavy atom. The zero-order valence-electron chi connectivity index (χ0n) is 18.8. The van der Waals surface area contributed by atoms with E-state index in [-0.39, 0.29) is 0 Å². The minimum absolute atomic E-state index is 0.576. The van der Waals surface area contributed by atoms with Crippen molar-refractivity contribution in [2.24, 2.45) is 0 Å². The molecule has 1 aromatic heterocycles. The third-order valence-electron chi connectivity index (χ3n) is 6.17. The van der Waals surface area contributed by atoms with Crippen LogP contribution in [0.1, 0.15) is 46.1 Å². The van der Waals surface area contributed by atoms with Crippen LogP contribution in [-0.2, 0) is 6.42 Å². The number of unbranched alkanes of at least 4 members (excludes halogenated alkanes) is 1. The Labute approximate surface area is 183 Å². The third kappa shape index (κ3) is 4.84. The molecule has 0 saturated carbocycles. The molecule has 1 radical (unpaired) electrons. The van der Waals surface area contributed by atoms with Gasteiger partial charge in [-0.25, -0.2) is 0 Å². The van der Waals surface area contributed by atoms with Crippen molar-refractivity contribution in [1.82, 2.24) is 4.98 Å². The Bertz CT molecular complexity index is 885. The van der Waals surface area contributed by atoms with Crippen molar-refractivity contribution >= 4 is 18.6 Å². The van der Waals surface area contributed by atoms with Gasteiger partial charge < -0.3 is 4.74 Å². The van der Waals surface area contributed by atoms with Crippen molar-refractivity contribution in [2.45, 2.75) is 58.0 Å². The Morgan fingerprint density at radius 3 is 2.23 bits per heavy atom. The molecular formula is C27H34NOSi. The standard InChI is InChI=1S/C27H34NOSi/c1-22(2)30(23(3)4,27-19-10-12-20-28-27)26-18-9-8-14-24(26)15-11-13-21-29-25-16-6-5-7-17-25/h6-10,12,14,16-20,22-23H,11,13,15,21H2,1-4H3. The second kappa shape index (κ2) is 10.6. The first-order valence-corrected chi connectivity index (χ1v) is 13.3. The molecule has 3 heteroatoms. The Morgan fingerprint density at radius 1 is 0.867 bits per heavy atom. The lowest BCUT2D eigenvalue weighted by Crippen LogP contribution is -2.64. The van der Waals surface area contributed by atoms with Gasteiger partial charge in [0.25, 0.3) is 0 Å². The molecule has 0 N–H and O–H groups in total. The monoisotopic (exact) mass is 416 g/mol. The third-order valence-corrected chi connectivity index (χ3v) is 12.3. The summed E-state index contributed by atoms with van der Waals surface area (Å²) in [7, 11) is -2.01. The van der Waals surface area contributed by atoms with Crippen LogP contribution < -0.4 is 15.2 Å². The highest BCUT2D eigenvalue weighted by Crippen LogP contribution is 2.32. The van der Waals surface area contributed by atoms with Gasteiger partial charge in [-0.2, -0.15) is 0 Å². The first kappa shape index (κ1) is 22.3. The molecule has 0 bridgehead atoms. The molecule has 0 saturated heterocycles. The predicted octanol–water partition coefficient (Wildman–Crippen LogP) is 5.67. The lowest BCUT2D eigenvalue weighted by atomic mass is 10.1. The Kier molecular flexibility index (Phi) is 7.86. The van der Waals surface area contributed by atoms with E-state index >= 15 is 0 Å². The van der Waals surface area contributed by atoms with Crippen LogP contribution in [-0.4, -0.2) is 19.7 Å². The van der Waals surface area contributed by atoms with Gasteiger partial charge in [-0.3, -0.25) is 4.98 Å². The van der Waals surface area contributed by atoms with Crippen molar-refractivity contribution in [1.29, 1.82) is 0 Å². The molecule has 0 aliphatic heterocycles. The van der Waals surface area contributed by atoms with Crippen molar-refractivity contribution < 1.29 is 4.74 Å². The molecule has 0 spiro atoms. The van der Waals surface area contributed by atoms with E-state index in [1.807, 2.05) is 36.5 Å². The zero-order chi connectivity index (χ0) is 21.4. The van der Waals surface area contributed by atoms with E-state index in [4.69, 9.17) is 9.72 Å².